The van der Waals surface area contributed by atoms with Crippen LogP contribution in [0.4, 0.5) is 0 Å². The molecule has 1 atom stereocenters. The highest BCUT2D eigenvalue weighted by atomic mass is 35.5. The number of ether oxygens (including phenoxy) is 1. The molecule has 0 aliphatic carbocycles. The number of benzene rings is 1. The smallest absolute Gasteiger partial charge is 0.326 e. The molecule has 0 fully saturated rings. The van der Waals surface area contributed by atoms with Gasteiger partial charge in [-0.3, -0.25) is 4.79 Å². The second kappa shape index (κ2) is 7.14. The molecule has 1 rings (SSSR count). The standard InChI is InChI=1S/C14H18ClNO4/c1-4-11(14(18)19)16(2)13(17)8-9-7-10(15)5-6-12(9)20-3/h5-7,11H,4,8H2,1-3H3,(H,18,19). The molecule has 1 N–H and O–H groups in total. The zero-order valence-electron chi connectivity index (χ0n) is 11.7. The fourth-order valence-electron chi connectivity index (χ4n) is 1.96. The molecule has 110 valence electrons. The van der Waals surface area contributed by atoms with Gasteiger partial charge in [-0.2, -0.15) is 0 Å². The maximum Gasteiger partial charge on any atom is 0.326 e. The summed E-state index contributed by atoms with van der Waals surface area (Å²) in [5, 5.41) is 9.57. The molecule has 0 saturated carbocycles. The topological polar surface area (TPSA) is 66.8 Å². The molecular formula is C14H18ClNO4. The number of aliphatic carboxylic acids is 1. The van der Waals surface area contributed by atoms with Gasteiger partial charge in [-0.1, -0.05) is 18.5 Å². The number of rotatable bonds is 6. The summed E-state index contributed by atoms with van der Waals surface area (Å²) in [6.07, 6.45) is 0.397. The Bertz CT molecular complexity index is 504. The van der Waals surface area contributed by atoms with Crippen LogP contribution in [0.3, 0.4) is 0 Å². The number of carboxylic acid groups (broad SMARTS) is 1. The van der Waals surface area contributed by atoms with Gasteiger partial charge in [0.2, 0.25) is 5.91 Å². The highest BCUT2D eigenvalue weighted by Crippen LogP contribution is 2.23. The highest BCUT2D eigenvalue weighted by molar-refractivity contribution is 6.30. The molecule has 1 amide bonds. The molecule has 0 bridgehead atoms. The summed E-state index contributed by atoms with van der Waals surface area (Å²) in [6, 6.07) is 4.17. The van der Waals surface area contributed by atoms with E-state index in [4.69, 9.17) is 21.4 Å². The Balaban J connectivity index is 2.90. The van der Waals surface area contributed by atoms with Crippen LogP contribution in [-0.2, 0) is 16.0 Å². The van der Waals surface area contributed by atoms with Crippen LogP contribution in [0.15, 0.2) is 18.2 Å². The molecule has 0 aliphatic heterocycles. The van der Waals surface area contributed by atoms with Gasteiger partial charge in [0, 0.05) is 17.6 Å². The molecule has 6 heteroatoms. The van der Waals surface area contributed by atoms with Crippen molar-refractivity contribution in [2.24, 2.45) is 0 Å². The van der Waals surface area contributed by atoms with Gasteiger partial charge in [0.15, 0.2) is 0 Å². The van der Waals surface area contributed by atoms with Crippen molar-refractivity contribution in [2.75, 3.05) is 14.2 Å². The van der Waals surface area contributed by atoms with Crippen molar-refractivity contribution in [3.63, 3.8) is 0 Å². The summed E-state index contributed by atoms with van der Waals surface area (Å²) in [5.74, 6) is -0.749. The van der Waals surface area contributed by atoms with Crippen LogP contribution >= 0.6 is 11.6 Å². The van der Waals surface area contributed by atoms with E-state index in [2.05, 4.69) is 0 Å². The first-order valence-electron chi connectivity index (χ1n) is 6.21. The number of amides is 1. The summed E-state index contributed by atoms with van der Waals surface area (Å²) in [5.41, 5.74) is 0.636. The lowest BCUT2D eigenvalue weighted by Crippen LogP contribution is -2.42. The van der Waals surface area contributed by atoms with E-state index in [1.165, 1.54) is 19.1 Å². The summed E-state index contributed by atoms with van der Waals surface area (Å²) in [6.45, 7) is 1.72. The molecule has 0 saturated heterocycles. The number of carbonyl (C=O) groups excluding carboxylic acids is 1. The first kappa shape index (κ1) is 16.3. The van der Waals surface area contributed by atoms with Crippen molar-refractivity contribution in [3.8, 4) is 5.75 Å². The van der Waals surface area contributed by atoms with Crippen LogP contribution in [0.25, 0.3) is 0 Å². The molecule has 0 aliphatic rings. The molecule has 0 heterocycles. The van der Waals surface area contributed by atoms with E-state index in [1.807, 2.05) is 0 Å². The van der Waals surface area contributed by atoms with Crippen molar-refractivity contribution in [1.29, 1.82) is 0 Å². The Morgan fingerprint density at radius 1 is 1.45 bits per heavy atom. The fraction of sp³-hybridized carbons (Fsp3) is 0.429. The Hall–Kier alpha value is -1.75. The predicted octanol–water partition coefficient (Wildman–Crippen LogP) is 2.21. The normalized spacial score (nSPS) is 11.8. The highest BCUT2D eigenvalue weighted by Gasteiger charge is 2.25. The Morgan fingerprint density at radius 3 is 2.60 bits per heavy atom. The van der Waals surface area contributed by atoms with E-state index in [0.717, 1.165) is 0 Å². The molecule has 1 unspecified atom stereocenters. The lowest BCUT2D eigenvalue weighted by molar-refractivity contribution is -0.148. The number of methoxy groups -OCH3 is 1. The fourth-order valence-corrected chi connectivity index (χ4v) is 2.16. The third-order valence-corrected chi connectivity index (χ3v) is 3.35. The number of carbonyl (C=O) groups is 2. The number of halogens is 1. The van der Waals surface area contributed by atoms with Gasteiger partial charge < -0.3 is 14.7 Å². The van der Waals surface area contributed by atoms with Crippen molar-refractivity contribution >= 4 is 23.5 Å². The Labute approximate surface area is 123 Å². The van der Waals surface area contributed by atoms with E-state index in [9.17, 15) is 9.59 Å². The zero-order valence-corrected chi connectivity index (χ0v) is 12.5. The first-order valence-corrected chi connectivity index (χ1v) is 6.59. The van der Waals surface area contributed by atoms with Gasteiger partial charge in [0.25, 0.3) is 0 Å². The van der Waals surface area contributed by atoms with Crippen molar-refractivity contribution in [2.45, 2.75) is 25.8 Å². The molecule has 0 radical (unpaired) electrons. The van der Waals surface area contributed by atoms with Crippen LogP contribution in [0, 0.1) is 0 Å². The van der Waals surface area contributed by atoms with Gasteiger partial charge >= 0.3 is 5.97 Å². The predicted molar refractivity (Wildman–Crippen MR) is 76.2 cm³/mol. The molecule has 0 aromatic heterocycles. The van der Waals surface area contributed by atoms with Crippen LogP contribution in [-0.4, -0.2) is 42.1 Å². The third-order valence-electron chi connectivity index (χ3n) is 3.12. The van der Waals surface area contributed by atoms with E-state index in [0.29, 0.717) is 22.8 Å². The van der Waals surface area contributed by atoms with Gasteiger partial charge in [0.1, 0.15) is 11.8 Å². The second-order valence-corrected chi connectivity index (χ2v) is 4.84. The average Bonchev–Trinajstić information content (AvgIpc) is 2.39. The summed E-state index contributed by atoms with van der Waals surface area (Å²) < 4.78 is 5.17. The number of hydrogen-bond donors (Lipinski definition) is 1. The lowest BCUT2D eigenvalue weighted by atomic mass is 10.1. The lowest BCUT2D eigenvalue weighted by Gasteiger charge is -2.24. The minimum absolute atomic E-state index is 0.0456. The van der Waals surface area contributed by atoms with Gasteiger partial charge in [-0.15, -0.1) is 0 Å². The quantitative estimate of drug-likeness (QED) is 0.874. The maximum absolute atomic E-state index is 12.2. The van der Waals surface area contributed by atoms with Crippen LogP contribution < -0.4 is 4.74 Å². The van der Waals surface area contributed by atoms with Gasteiger partial charge in [-0.05, 0) is 24.6 Å². The Kier molecular flexibility index (Phi) is 5.82. The minimum atomic E-state index is -1.01. The van der Waals surface area contributed by atoms with Crippen LogP contribution in [0.1, 0.15) is 18.9 Å². The number of nitrogens with zero attached hydrogens (tertiary/aromatic N) is 1. The molecule has 1 aromatic carbocycles. The summed E-state index contributed by atoms with van der Waals surface area (Å²) in [4.78, 5) is 24.5. The first-order chi connectivity index (χ1) is 9.40. The average molecular weight is 300 g/mol. The van der Waals surface area contributed by atoms with Crippen molar-refractivity contribution < 1.29 is 19.4 Å². The van der Waals surface area contributed by atoms with E-state index < -0.39 is 12.0 Å². The third kappa shape index (κ3) is 3.87. The monoisotopic (exact) mass is 299 g/mol. The molecule has 20 heavy (non-hydrogen) atoms. The molecule has 0 spiro atoms. The molecule has 5 nitrogen and oxygen atoms in total. The van der Waals surface area contributed by atoms with Gasteiger partial charge in [-0.25, -0.2) is 4.79 Å². The summed E-state index contributed by atoms with van der Waals surface area (Å²) >= 11 is 5.90. The minimum Gasteiger partial charge on any atom is -0.496 e. The van der Waals surface area contributed by atoms with Crippen LogP contribution in [0.5, 0.6) is 5.75 Å². The summed E-state index contributed by atoms with van der Waals surface area (Å²) in [7, 11) is 2.99. The number of carboxylic acids is 1. The largest absolute Gasteiger partial charge is 0.496 e. The molecular weight excluding hydrogens is 282 g/mol. The maximum atomic E-state index is 12.2. The van der Waals surface area contributed by atoms with Crippen molar-refractivity contribution in [1.82, 2.24) is 4.90 Å². The van der Waals surface area contributed by atoms with E-state index >= 15 is 0 Å². The number of likely N-dealkylation sites (N-methyl/N-ethyl adjacent to an activating group) is 1. The van der Waals surface area contributed by atoms with Crippen molar-refractivity contribution in [3.05, 3.63) is 28.8 Å². The number of hydrogen-bond acceptors (Lipinski definition) is 3. The molecule has 1 aromatic rings. The van der Waals surface area contributed by atoms with E-state index in [1.54, 1.807) is 25.1 Å². The second-order valence-electron chi connectivity index (χ2n) is 4.40. The van der Waals surface area contributed by atoms with Crippen LogP contribution in [0.2, 0.25) is 5.02 Å². The SMILES string of the molecule is CCC(C(=O)O)N(C)C(=O)Cc1cc(Cl)ccc1OC. The zero-order chi connectivity index (χ0) is 15.3. The van der Waals surface area contributed by atoms with Gasteiger partial charge in [0.05, 0.1) is 13.5 Å². The van der Waals surface area contributed by atoms with E-state index in [-0.39, 0.29) is 12.3 Å². The Morgan fingerprint density at radius 2 is 2.10 bits per heavy atom.